The molecule has 0 bridgehead atoms. The molecule has 1 aromatic carbocycles. The largest absolute Gasteiger partial charge is 0.449 e. The minimum absolute atomic E-state index is 0.160. The van der Waals surface area contributed by atoms with Crippen molar-refractivity contribution in [1.82, 2.24) is 9.55 Å². The molecule has 0 amide bonds. The van der Waals surface area contributed by atoms with Crippen LogP contribution in [0.15, 0.2) is 16.6 Å². The van der Waals surface area contributed by atoms with Crippen molar-refractivity contribution in [2.24, 2.45) is 0 Å². The number of aromatic nitrogens is 2. The minimum atomic E-state index is -4.88. The summed E-state index contributed by atoms with van der Waals surface area (Å²) < 4.78 is 83.6. The number of hydrogen-bond donors (Lipinski definition) is 0. The lowest BCUT2D eigenvalue weighted by atomic mass is 10.2. The molecule has 0 aliphatic rings. The molecule has 1 unspecified atom stereocenters. The molecule has 0 spiro atoms. The predicted octanol–water partition coefficient (Wildman–Crippen LogP) is 5.00. The Hall–Kier alpha value is -1.73. The molecule has 0 radical (unpaired) electrons. The Morgan fingerprint density at radius 1 is 1.25 bits per heavy atom. The van der Waals surface area contributed by atoms with E-state index in [-0.39, 0.29) is 12.1 Å². The Bertz CT molecular complexity index is 803. The highest BCUT2D eigenvalue weighted by molar-refractivity contribution is 9.10. The average molecular weight is 415 g/mol. The van der Waals surface area contributed by atoms with E-state index in [2.05, 4.69) is 26.8 Å². The zero-order chi connectivity index (χ0) is 18.3. The van der Waals surface area contributed by atoms with Crippen LogP contribution in [0.3, 0.4) is 0 Å². The Labute approximate surface area is 140 Å². The van der Waals surface area contributed by atoms with Gasteiger partial charge in [-0.1, -0.05) is 21.9 Å². The summed E-state index contributed by atoms with van der Waals surface area (Å²) in [4.78, 5) is 3.31. The van der Waals surface area contributed by atoms with Gasteiger partial charge >= 0.3 is 12.4 Å². The van der Waals surface area contributed by atoms with Gasteiger partial charge in [-0.25, -0.2) is 4.98 Å². The SMILES string of the molecule is C#CCOC(C)n1c(C(F)(F)F)nc2cc(C(F)(F)F)c(Br)cc21. The molecular weight excluding hydrogens is 406 g/mol. The molecular formula is C14H9BrF6N2O. The van der Waals surface area contributed by atoms with Crippen molar-refractivity contribution >= 4 is 27.0 Å². The van der Waals surface area contributed by atoms with Crippen LogP contribution in [-0.2, 0) is 17.1 Å². The summed E-state index contributed by atoms with van der Waals surface area (Å²) in [5.74, 6) is 0.745. The summed E-state index contributed by atoms with van der Waals surface area (Å²) in [6.45, 7) is 1.03. The van der Waals surface area contributed by atoms with Gasteiger partial charge in [0, 0.05) is 4.47 Å². The van der Waals surface area contributed by atoms with Gasteiger partial charge < -0.3 is 4.74 Å². The van der Waals surface area contributed by atoms with Crippen molar-refractivity contribution in [2.45, 2.75) is 25.5 Å². The third-order valence-corrected chi connectivity index (χ3v) is 3.76. The van der Waals surface area contributed by atoms with Gasteiger partial charge in [0.2, 0.25) is 5.82 Å². The molecule has 1 heterocycles. The highest BCUT2D eigenvalue weighted by atomic mass is 79.9. The summed E-state index contributed by atoms with van der Waals surface area (Å²) >= 11 is 2.73. The van der Waals surface area contributed by atoms with Crippen molar-refractivity contribution in [3.63, 3.8) is 0 Å². The van der Waals surface area contributed by atoms with E-state index in [1.54, 1.807) is 0 Å². The van der Waals surface area contributed by atoms with Gasteiger partial charge in [-0.15, -0.1) is 6.42 Å². The van der Waals surface area contributed by atoms with E-state index in [1.165, 1.54) is 6.92 Å². The van der Waals surface area contributed by atoms with E-state index >= 15 is 0 Å². The first kappa shape index (κ1) is 18.6. The lowest BCUT2D eigenvalue weighted by Gasteiger charge is -2.18. The second-order valence-corrected chi connectivity index (χ2v) is 5.59. The first-order chi connectivity index (χ1) is 11.0. The second-order valence-electron chi connectivity index (χ2n) is 4.74. The molecule has 0 aliphatic carbocycles. The van der Waals surface area contributed by atoms with Crippen LogP contribution in [0.1, 0.15) is 24.5 Å². The third kappa shape index (κ3) is 3.52. The van der Waals surface area contributed by atoms with Crippen molar-refractivity contribution in [1.29, 1.82) is 0 Å². The Balaban J connectivity index is 2.74. The normalized spacial score (nSPS) is 14.0. The Morgan fingerprint density at radius 2 is 1.88 bits per heavy atom. The second kappa shape index (κ2) is 6.29. The van der Waals surface area contributed by atoms with Crippen LogP contribution in [0.4, 0.5) is 26.3 Å². The number of terminal acetylenes is 1. The lowest BCUT2D eigenvalue weighted by Crippen LogP contribution is -2.19. The van der Waals surface area contributed by atoms with E-state index in [9.17, 15) is 26.3 Å². The number of halogens is 7. The number of imidazole rings is 1. The zero-order valence-corrected chi connectivity index (χ0v) is 13.6. The van der Waals surface area contributed by atoms with E-state index in [0.29, 0.717) is 10.6 Å². The van der Waals surface area contributed by atoms with Gasteiger partial charge in [0.05, 0.1) is 16.6 Å². The fourth-order valence-corrected chi connectivity index (χ4v) is 2.70. The number of rotatable bonds is 3. The monoisotopic (exact) mass is 414 g/mol. The molecule has 24 heavy (non-hydrogen) atoms. The highest BCUT2D eigenvalue weighted by Crippen LogP contribution is 2.40. The molecule has 130 valence electrons. The van der Waals surface area contributed by atoms with Crippen LogP contribution in [0.2, 0.25) is 0 Å². The van der Waals surface area contributed by atoms with Crippen molar-refractivity contribution in [3.05, 3.63) is 28.0 Å². The first-order valence-corrected chi connectivity index (χ1v) is 7.17. The summed E-state index contributed by atoms with van der Waals surface area (Å²) in [6.07, 6.45) is -5.78. The molecule has 2 aromatic rings. The van der Waals surface area contributed by atoms with Gasteiger partial charge in [-0.2, -0.15) is 26.3 Å². The van der Waals surface area contributed by atoms with Crippen molar-refractivity contribution < 1.29 is 31.1 Å². The molecule has 0 fully saturated rings. The number of alkyl halides is 6. The third-order valence-electron chi connectivity index (χ3n) is 3.11. The number of nitrogens with zero attached hydrogens (tertiary/aromatic N) is 2. The smallest absolute Gasteiger partial charge is 0.346 e. The van der Waals surface area contributed by atoms with Crippen LogP contribution in [0, 0.1) is 12.3 Å². The van der Waals surface area contributed by atoms with Gasteiger partial charge in [-0.3, -0.25) is 4.57 Å². The number of fused-ring (bicyclic) bond motifs is 1. The average Bonchev–Trinajstić information content (AvgIpc) is 2.81. The van der Waals surface area contributed by atoms with Gasteiger partial charge in [0.15, 0.2) is 0 Å². The van der Waals surface area contributed by atoms with Gasteiger partial charge in [0.25, 0.3) is 0 Å². The maximum atomic E-state index is 13.2. The summed E-state index contributed by atoms with van der Waals surface area (Å²) in [5, 5.41) is 0. The Kier molecular flexibility index (Phi) is 4.88. The van der Waals surface area contributed by atoms with E-state index in [4.69, 9.17) is 11.2 Å². The van der Waals surface area contributed by atoms with Crippen molar-refractivity contribution in [3.8, 4) is 12.3 Å². The van der Waals surface area contributed by atoms with Gasteiger partial charge in [-0.05, 0) is 19.1 Å². The van der Waals surface area contributed by atoms with Crippen molar-refractivity contribution in [2.75, 3.05) is 6.61 Å². The van der Waals surface area contributed by atoms with Crippen LogP contribution in [-0.4, -0.2) is 16.2 Å². The first-order valence-electron chi connectivity index (χ1n) is 6.37. The standard InChI is InChI=1S/C14H9BrF6N2O/c1-3-4-24-7(2)23-11-6-9(15)8(13(16,17)18)5-10(11)22-12(23)14(19,20)21/h1,5-7H,4H2,2H3. The van der Waals surface area contributed by atoms with Crippen LogP contribution in [0.25, 0.3) is 11.0 Å². The zero-order valence-electron chi connectivity index (χ0n) is 12.0. The fourth-order valence-electron chi connectivity index (χ4n) is 2.14. The predicted molar refractivity (Wildman–Crippen MR) is 76.9 cm³/mol. The van der Waals surface area contributed by atoms with Gasteiger partial charge in [0.1, 0.15) is 12.8 Å². The fraction of sp³-hybridized carbons (Fsp3) is 0.357. The highest BCUT2D eigenvalue weighted by Gasteiger charge is 2.40. The summed E-state index contributed by atoms with van der Waals surface area (Å²) in [5.41, 5.74) is -1.73. The molecule has 0 N–H and O–H groups in total. The topological polar surface area (TPSA) is 27.1 Å². The summed E-state index contributed by atoms with van der Waals surface area (Å²) in [6, 6.07) is 1.48. The molecule has 1 aromatic heterocycles. The number of ether oxygens (including phenoxy) is 1. The molecule has 10 heteroatoms. The lowest BCUT2D eigenvalue weighted by molar-refractivity contribution is -0.151. The minimum Gasteiger partial charge on any atom is -0.346 e. The molecule has 3 nitrogen and oxygen atoms in total. The summed E-state index contributed by atoms with van der Waals surface area (Å²) in [7, 11) is 0. The molecule has 0 saturated carbocycles. The van der Waals surface area contributed by atoms with Crippen LogP contribution >= 0.6 is 15.9 Å². The molecule has 2 rings (SSSR count). The Morgan fingerprint density at radius 3 is 2.38 bits per heavy atom. The maximum absolute atomic E-state index is 13.2. The van der Waals surface area contributed by atoms with E-state index < -0.39 is 40.0 Å². The van der Waals surface area contributed by atoms with Crippen LogP contribution in [0.5, 0.6) is 0 Å². The number of hydrogen-bond acceptors (Lipinski definition) is 2. The molecule has 0 saturated heterocycles. The number of benzene rings is 1. The maximum Gasteiger partial charge on any atom is 0.449 e. The van der Waals surface area contributed by atoms with E-state index in [1.807, 2.05) is 0 Å². The molecule has 1 atom stereocenters. The van der Waals surface area contributed by atoms with Crippen LogP contribution < -0.4 is 0 Å². The van der Waals surface area contributed by atoms with E-state index in [0.717, 1.165) is 6.07 Å². The molecule has 0 aliphatic heterocycles. The quantitative estimate of drug-likeness (QED) is 0.521.